The molecule has 1 aliphatic heterocycles. The van der Waals surface area contributed by atoms with Crippen molar-refractivity contribution in [1.29, 1.82) is 0 Å². The number of nitrogens with zero attached hydrogens (tertiary/aromatic N) is 1. The minimum absolute atomic E-state index is 0.0728. The second-order valence-electron chi connectivity index (χ2n) is 5.91. The molecule has 1 fully saturated rings. The van der Waals surface area contributed by atoms with Crippen molar-refractivity contribution in [3.05, 3.63) is 35.5 Å². The number of alkyl carbamates (subject to hydrolysis) is 1. The number of hydrogen-bond donors (Lipinski definition) is 2. The van der Waals surface area contributed by atoms with E-state index in [2.05, 4.69) is 60.6 Å². The summed E-state index contributed by atoms with van der Waals surface area (Å²) >= 11 is 0. The van der Waals surface area contributed by atoms with Crippen LogP contribution in [0, 0.1) is 0 Å². The fourth-order valence-electron chi connectivity index (χ4n) is 2.76. The number of cyclic esters (lactones) is 1. The molecule has 0 aliphatic carbocycles. The molecule has 2 N–H and O–H groups in total. The molecule has 1 aromatic heterocycles. The second-order valence-corrected chi connectivity index (χ2v) is 5.91. The van der Waals surface area contributed by atoms with E-state index >= 15 is 0 Å². The molecule has 0 radical (unpaired) electrons. The van der Waals surface area contributed by atoms with Crippen LogP contribution in [0.1, 0.15) is 24.1 Å². The zero-order valence-corrected chi connectivity index (χ0v) is 12.6. The summed E-state index contributed by atoms with van der Waals surface area (Å²) in [6, 6.07) is 6.85. The number of fused-ring (bicyclic) bond motifs is 1. The minimum Gasteiger partial charge on any atom is -0.447 e. The van der Waals surface area contributed by atoms with Gasteiger partial charge in [0.15, 0.2) is 0 Å². The first-order valence-corrected chi connectivity index (χ1v) is 7.24. The van der Waals surface area contributed by atoms with E-state index in [9.17, 15) is 4.79 Å². The maximum Gasteiger partial charge on any atom is 0.407 e. The molecule has 0 saturated carbocycles. The van der Waals surface area contributed by atoms with Crippen molar-refractivity contribution >= 4 is 17.0 Å². The Morgan fingerprint density at radius 3 is 2.90 bits per heavy atom. The minimum atomic E-state index is -0.315. The lowest BCUT2D eigenvalue weighted by Gasteiger charge is -2.19. The number of amides is 1. The van der Waals surface area contributed by atoms with E-state index in [4.69, 9.17) is 4.74 Å². The van der Waals surface area contributed by atoms with Gasteiger partial charge in [-0.25, -0.2) is 4.79 Å². The molecule has 2 aromatic rings. The molecule has 21 heavy (non-hydrogen) atoms. The molecule has 112 valence electrons. The molecule has 1 amide bonds. The van der Waals surface area contributed by atoms with Crippen LogP contribution >= 0.6 is 0 Å². The van der Waals surface area contributed by atoms with Crippen LogP contribution < -0.4 is 5.32 Å². The topological polar surface area (TPSA) is 57.4 Å². The Balaban J connectivity index is 1.88. The zero-order chi connectivity index (χ0) is 15.0. The van der Waals surface area contributed by atoms with Crippen molar-refractivity contribution in [3.8, 4) is 0 Å². The van der Waals surface area contributed by atoms with Gasteiger partial charge in [-0.15, -0.1) is 0 Å². The van der Waals surface area contributed by atoms with E-state index < -0.39 is 0 Å². The smallest absolute Gasteiger partial charge is 0.407 e. The second kappa shape index (κ2) is 5.41. The van der Waals surface area contributed by atoms with Crippen molar-refractivity contribution in [2.24, 2.45) is 0 Å². The SMILES string of the molecule is CC(c1c[nH]c2ccc(C[C@H]3COC(=O)N3)cc12)N(C)C. The maximum absolute atomic E-state index is 11.1. The first-order valence-electron chi connectivity index (χ1n) is 7.24. The van der Waals surface area contributed by atoms with E-state index in [1.54, 1.807) is 0 Å². The van der Waals surface area contributed by atoms with Gasteiger partial charge in [-0.2, -0.15) is 0 Å². The molecular formula is C16H21N3O2. The molecule has 3 rings (SSSR count). The van der Waals surface area contributed by atoms with Crippen molar-refractivity contribution in [2.45, 2.75) is 25.4 Å². The monoisotopic (exact) mass is 287 g/mol. The normalized spacial score (nSPS) is 19.8. The zero-order valence-electron chi connectivity index (χ0n) is 12.6. The van der Waals surface area contributed by atoms with Crippen LogP contribution in [-0.2, 0) is 11.2 Å². The van der Waals surface area contributed by atoms with Gasteiger partial charge in [0.25, 0.3) is 0 Å². The number of carbonyl (C=O) groups excluding carboxylic acids is 1. The average molecular weight is 287 g/mol. The van der Waals surface area contributed by atoms with Crippen molar-refractivity contribution in [2.75, 3.05) is 20.7 Å². The van der Waals surface area contributed by atoms with Crippen LogP contribution in [-0.4, -0.2) is 42.7 Å². The van der Waals surface area contributed by atoms with Gasteiger partial charge in [0, 0.05) is 23.1 Å². The van der Waals surface area contributed by atoms with Crippen LogP contribution in [0.25, 0.3) is 10.9 Å². The molecule has 5 heteroatoms. The van der Waals surface area contributed by atoms with Gasteiger partial charge < -0.3 is 19.9 Å². The maximum atomic E-state index is 11.1. The standard InChI is InChI=1S/C16H21N3O2/c1-10(19(2)3)14-8-17-15-5-4-11(7-13(14)15)6-12-9-21-16(20)18-12/h4-5,7-8,10,12,17H,6,9H2,1-3H3,(H,18,20)/t10?,12-/m0/s1. The molecule has 0 spiro atoms. The van der Waals surface area contributed by atoms with E-state index in [0.29, 0.717) is 12.6 Å². The Labute approximate surface area is 124 Å². The fourth-order valence-corrected chi connectivity index (χ4v) is 2.76. The average Bonchev–Trinajstić information content (AvgIpc) is 3.04. The van der Waals surface area contributed by atoms with E-state index in [0.717, 1.165) is 11.9 Å². The molecule has 1 unspecified atom stereocenters. The summed E-state index contributed by atoms with van der Waals surface area (Å²) in [5, 5.41) is 4.07. The summed E-state index contributed by atoms with van der Waals surface area (Å²) in [6.07, 6.45) is 2.56. The predicted octanol–water partition coefficient (Wildman–Crippen LogP) is 2.44. The Kier molecular flexibility index (Phi) is 3.59. The van der Waals surface area contributed by atoms with Gasteiger partial charge >= 0.3 is 6.09 Å². The number of aromatic amines is 1. The Bertz CT molecular complexity index is 663. The highest BCUT2D eigenvalue weighted by molar-refractivity contribution is 5.84. The number of nitrogens with one attached hydrogen (secondary N) is 2. The van der Waals surface area contributed by atoms with Gasteiger partial charge in [-0.3, -0.25) is 0 Å². The van der Waals surface area contributed by atoms with Crippen LogP contribution in [0.4, 0.5) is 4.79 Å². The van der Waals surface area contributed by atoms with Gasteiger partial charge in [0.05, 0.1) is 6.04 Å². The lowest BCUT2D eigenvalue weighted by atomic mass is 10.0. The van der Waals surface area contributed by atoms with Gasteiger partial charge in [0.2, 0.25) is 0 Å². The summed E-state index contributed by atoms with van der Waals surface area (Å²) in [4.78, 5) is 16.6. The molecule has 1 saturated heterocycles. The van der Waals surface area contributed by atoms with Gasteiger partial charge in [0.1, 0.15) is 6.61 Å². The third-order valence-corrected chi connectivity index (χ3v) is 4.22. The van der Waals surface area contributed by atoms with Crippen molar-refractivity contribution in [3.63, 3.8) is 0 Å². The number of rotatable bonds is 4. The Morgan fingerprint density at radius 2 is 2.24 bits per heavy atom. The van der Waals surface area contributed by atoms with E-state index in [1.165, 1.54) is 16.5 Å². The lowest BCUT2D eigenvalue weighted by molar-refractivity contribution is 0.177. The Morgan fingerprint density at radius 1 is 1.43 bits per heavy atom. The quantitative estimate of drug-likeness (QED) is 0.908. The molecule has 1 aromatic carbocycles. The molecule has 2 heterocycles. The highest BCUT2D eigenvalue weighted by Gasteiger charge is 2.22. The number of H-pyrrole nitrogens is 1. The number of ether oxygens (including phenoxy) is 1. The highest BCUT2D eigenvalue weighted by atomic mass is 16.6. The molecule has 1 aliphatic rings. The Hall–Kier alpha value is -2.01. The van der Waals surface area contributed by atoms with Crippen molar-refractivity contribution < 1.29 is 9.53 Å². The van der Waals surface area contributed by atoms with Gasteiger partial charge in [-0.05, 0) is 50.7 Å². The third-order valence-electron chi connectivity index (χ3n) is 4.22. The van der Waals surface area contributed by atoms with Gasteiger partial charge in [-0.1, -0.05) is 6.07 Å². The summed E-state index contributed by atoms with van der Waals surface area (Å²) in [5.74, 6) is 0. The van der Waals surface area contributed by atoms with Crippen LogP contribution in [0.2, 0.25) is 0 Å². The van der Waals surface area contributed by atoms with Crippen LogP contribution in [0.5, 0.6) is 0 Å². The number of hydrogen-bond acceptors (Lipinski definition) is 3. The summed E-state index contributed by atoms with van der Waals surface area (Å²) in [6.45, 7) is 2.64. The highest BCUT2D eigenvalue weighted by Crippen LogP contribution is 2.28. The summed E-state index contributed by atoms with van der Waals surface area (Å²) < 4.78 is 4.94. The number of aromatic nitrogens is 1. The first kappa shape index (κ1) is 13.9. The molecule has 5 nitrogen and oxygen atoms in total. The largest absolute Gasteiger partial charge is 0.447 e. The molecule has 0 bridgehead atoms. The number of benzene rings is 1. The van der Waals surface area contributed by atoms with E-state index in [1.807, 2.05) is 0 Å². The first-order chi connectivity index (χ1) is 10.0. The number of carbonyl (C=O) groups is 1. The van der Waals surface area contributed by atoms with Crippen molar-refractivity contribution in [1.82, 2.24) is 15.2 Å². The molecular weight excluding hydrogens is 266 g/mol. The molecule has 2 atom stereocenters. The van der Waals surface area contributed by atoms with E-state index in [-0.39, 0.29) is 12.1 Å². The summed E-state index contributed by atoms with van der Waals surface area (Å²) in [7, 11) is 4.16. The third kappa shape index (κ3) is 2.74. The van der Waals surface area contributed by atoms with Crippen LogP contribution in [0.15, 0.2) is 24.4 Å². The fraction of sp³-hybridized carbons (Fsp3) is 0.438. The lowest BCUT2D eigenvalue weighted by Crippen LogP contribution is -2.28. The van der Waals surface area contributed by atoms with Crippen LogP contribution in [0.3, 0.4) is 0 Å². The predicted molar refractivity (Wildman–Crippen MR) is 82.4 cm³/mol. The summed E-state index contributed by atoms with van der Waals surface area (Å²) in [5.41, 5.74) is 3.66.